The lowest BCUT2D eigenvalue weighted by atomic mass is 9.86. The van der Waals surface area contributed by atoms with Crippen molar-refractivity contribution in [3.8, 4) is 0 Å². The number of hydrogen-bond donors (Lipinski definition) is 1. The first kappa shape index (κ1) is 8.64. The van der Waals surface area contributed by atoms with Crippen LogP contribution in [0.4, 0.5) is 0 Å². The summed E-state index contributed by atoms with van der Waals surface area (Å²) >= 11 is 1.60. The first-order valence-corrected chi connectivity index (χ1v) is 5.64. The van der Waals surface area contributed by atoms with Crippen molar-refractivity contribution >= 4 is 11.8 Å². The van der Waals surface area contributed by atoms with E-state index in [1.165, 1.54) is 18.4 Å². The van der Waals surface area contributed by atoms with Gasteiger partial charge < -0.3 is 5.11 Å². The molecule has 1 saturated carbocycles. The maximum atomic E-state index is 9.79. The summed E-state index contributed by atoms with van der Waals surface area (Å²) in [5.41, 5.74) is 1.34. The number of thioether (sulfide) groups is 1. The molecule has 0 aromatic carbocycles. The van der Waals surface area contributed by atoms with E-state index >= 15 is 0 Å². The minimum atomic E-state index is -0.142. The third-order valence-electron chi connectivity index (χ3n) is 3.36. The van der Waals surface area contributed by atoms with E-state index < -0.39 is 0 Å². The van der Waals surface area contributed by atoms with Gasteiger partial charge in [-0.2, -0.15) is 0 Å². The molecule has 1 fully saturated rings. The fraction of sp³-hybridized carbons (Fsp3) is 0.800. The Labute approximate surface area is 78.2 Å². The van der Waals surface area contributed by atoms with Gasteiger partial charge in [0.1, 0.15) is 5.44 Å². The van der Waals surface area contributed by atoms with Crippen molar-refractivity contribution in [1.82, 2.24) is 0 Å². The zero-order valence-electron chi connectivity index (χ0n) is 7.66. The van der Waals surface area contributed by atoms with Gasteiger partial charge >= 0.3 is 0 Å². The lowest BCUT2D eigenvalue weighted by Crippen LogP contribution is -2.28. The molecule has 0 unspecified atom stereocenters. The van der Waals surface area contributed by atoms with Crippen LogP contribution in [0.5, 0.6) is 0 Å². The Morgan fingerprint density at radius 1 is 1.50 bits per heavy atom. The van der Waals surface area contributed by atoms with Crippen LogP contribution < -0.4 is 0 Å². The molecule has 0 bridgehead atoms. The number of fused-ring (bicyclic) bond motifs is 1. The first-order chi connectivity index (χ1) is 5.70. The fourth-order valence-electron chi connectivity index (χ4n) is 2.59. The molecule has 12 heavy (non-hydrogen) atoms. The van der Waals surface area contributed by atoms with Crippen LogP contribution in [0, 0.1) is 17.8 Å². The van der Waals surface area contributed by atoms with Crippen LogP contribution in [0.3, 0.4) is 0 Å². The lowest BCUT2D eigenvalue weighted by Gasteiger charge is -2.31. The van der Waals surface area contributed by atoms with Crippen LogP contribution in [0.25, 0.3) is 0 Å². The summed E-state index contributed by atoms with van der Waals surface area (Å²) in [5.74, 6) is 1.91. The third-order valence-corrected chi connectivity index (χ3v) is 4.46. The minimum Gasteiger partial charge on any atom is -0.382 e. The number of allylic oxidation sites excluding steroid dienone is 1. The largest absolute Gasteiger partial charge is 0.382 e. The Morgan fingerprint density at radius 2 is 2.25 bits per heavy atom. The summed E-state index contributed by atoms with van der Waals surface area (Å²) in [5, 5.41) is 11.9. The second kappa shape index (κ2) is 3.08. The van der Waals surface area contributed by atoms with E-state index in [9.17, 15) is 5.11 Å². The molecule has 4 atom stereocenters. The van der Waals surface area contributed by atoms with Gasteiger partial charge in [0.25, 0.3) is 0 Å². The molecule has 1 aliphatic carbocycles. The molecule has 0 aromatic heterocycles. The molecule has 2 aliphatic rings. The summed E-state index contributed by atoms with van der Waals surface area (Å²) in [7, 11) is 0. The van der Waals surface area contributed by atoms with Gasteiger partial charge in [0.15, 0.2) is 0 Å². The number of aliphatic hydroxyl groups is 1. The average molecular weight is 184 g/mol. The van der Waals surface area contributed by atoms with Gasteiger partial charge in [-0.05, 0) is 37.0 Å². The molecule has 0 aromatic rings. The van der Waals surface area contributed by atoms with Gasteiger partial charge in [0.05, 0.1) is 0 Å². The monoisotopic (exact) mass is 184 g/mol. The van der Waals surface area contributed by atoms with E-state index in [0.717, 1.165) is 0 Å². The highest BCUT2D eigenvalue weighted by Crippen LogP contribution is 2.48. The van der Waals surface area contributed by atoms with E-state index in [0.29, 0.717) is 17.8 Å². The molecule has 0 spiro atoms. The number of aliphatic hydroxyl groups excluding tert-OH is 1. The van der Waals surface area contributed by atoms with Crippen LogP contribution in [0.2, 0.25) is 0 Å². The van der Waals surface area contributed by atoms with Crippen LogP contribution in [-0.2, 0) is 0 Å². The molecule has 1 aliphatic heterocycles. The summed E-state index contributed by atoms with van der Waals surface area (Å²) in [4.78, 5) is 0. The normalized spacial score (nSPS) is 47.1. The van der Waals surface area contributed by atoms with Gasteiger partial charge in [-0.3, -0.25) is 0 Å². The molecule has 1 heterocycles. The molecular weight excluding hydrogens is 168 g/mol. The molecule has 0 radical (unpaired) electrons. The number of hydrogen-bond acceptors (Lipinski definition) is 2. The lowest BCUT2D eigenvalue weighted by molar-refractivity contribution is 0.145. The van der Waals surface area contributed by atoms with Crippen molar-refractivity contribution in [2.24, 2.45) is 17.8 Å². The second-order valence-corrected chi connectivity index (χ2v) is 5.12. The Hall–Kier alpha value is 0.0500. The van der Waals surface area contributed by atoms with E-state index in [1.807, 2.05) is 0 Å². The van der Waals surface area contributed by atoms with Crippen LogP contribution >= 0.6 is 11.8 Å². The molecule has 1 nitrogen and oxygen atoms in total. The fourth-order valence-corrected chi connectivity index (χ4v) is 3.76. The zero-order chi connectivity index (χ0) is 8.72. The van der Waals surface area contributed by atoms with Crippen molar-refractivity contribution in [3.63, 3.8) is 0 Å². The average Bonchev–Trinajstić information content (AvgIpc) is 2.42. The molecule has 1 N–H and O–H groups in total. The zero-order valence-corrected chi connectivity index (χ0v) is 8.47. The molecule has 68 valence electrons. The van der Waals surface area contributed by atoms with Crippen molar-refractivity contribution < 1.29 is 5.11 Å². The Morgan fingerprint density at radius 3 is 2.92 bits per heavy atom. The van der Waals surface area contributed by atoms with Gasteiger partial charge in [-0.1, -0.05) is 12.5 Å². The summed E-state index contributed by atoms with van der Waals surface area (Å²) < 4.78 is 0. The van der Waals surface area contributed by atoms with Crippen molar-refractivity contribution in [3.05, 3.63) is 11.0 Å². The highest BCUT2D eigenvalue weighted by molar-refractivity contribution is 8.02. The first-order valence-electron chi connectivity index (χ1n) is 4.70. The van der Waals surface area contributed by atoms with Crippen LogP contribution in [-0.4, -0.2) is 10.5 Å². The predicted octanol–water partition coefficient (Wildman–Crippen LogP) is 2.62. The second-order valence-electron chi connectivity index (χ2n) is 4.13. The highest BCUT2D eigenvalue weighted by Gasteiger charge is 2.40. The Kier molecular flexibility index (Phi) is 2.21. The van der Waals surface area contributed by atoms with E-state index in [2.05, 4.69) is 19.3 Å². The van der Waals surface area contributed by atoms with Crippen molar-refractivity contribution in [2.75, 3.05) is 0 Å². The maximum absolute atomic E-state index is 9.79. The molecule has 2 rings (SSSR count). The quantitative estimate of drug-likeness (QED) is 0.624. The summed E-state index contributed by atoms with van der Waals surface area (Å²) in [6, 6.07) is 0. The van der Waals surface area contributed by atoms with Gasteiger partial charge in [-0.25, -0.2) is 0 Å². The standard InChI is InChI=1S/C10H16OS/c1-6-3-4-8-7(2)5-12-10(11)9(6)8/h5-6,8-11H,3-4H2,1-2H3/t6-,8+,9+,10+/m0/s1. The minimum absolute atomic E-state index is 0.142. The van der Waals surface area contributed by atoms with Crippen LogP contribution in [0.15, 0.2) is 11.0 Å². The van der Waals surface area contributed by atoms with Gasteiger partial charge in [0, 0.05) is 5.92 Å². The topological polar surface area (TPSA) is 20.2 Å². The molecule has 0 saturated heterocycles. The third kappa shape index (κ3) is 1.21. The molecule has 2 heteroatoms. The SMILES string of the molecule is CC1=CS[C@@H](O)[C@H]2[C@@H]1CC[C@@H]2C. The van der Waals surface area contributed by atoms with Gasteiger partial charge in [-0.15, -0.1) is 11.8 Å². The van der Waals surface area contributed by atoms with Crippen LogP contribution in [0.1, 0.15) is 26.7 Å². The highest BCUT2D eigenvalue weighted by atomic mass is 32.2. The predicted molar refractivity (Wildman–Crippen MR) is 52.7 cm³/mol. The Bertz CT molecular complexity index is 212. The van der Waals surface area contributed by atoms with E-state index in [-0.39, 0.29) is 5.44 Å². The summed E-state index contributed by atoms with van der Waals surface area (Å²) in [6.07, 6.45) is 2.57. The molecular formula is C10H16OS. The smallest absolute Gasteiger partial charge is 0.107 e. The molecule has 0 amide bonds. The van der Waals surface area contributed by atoms with Crippen molar-refractivity contribution in [2.45, 2.75) is 32.1 Å². The van der Waals surface area contributed by atoms with E-state index in [4.69, 9.17) is 0 Å². The number of rotatable bonds is 0. The van der Waals surface area contributed by atoms with E-state index in [1.54, 1.807) is 11.8 Å². The van der Waals surface area contributed by atoms with Gasteiger partial charge in [0.2, 0.25) is 0 Å². The maximum Gasteiger partial charge on any atom is 0.107 e. The van der Waals surface area contributed by atoms with Crippen molar-refractivity contribution in [1.29, 1.82) is 0 Å². The Balaban J connectivity index is 2.23. The summed E-state index contributed by atoms with van der Waals surface area (Å²) in [6.45, 7) is 4.47.